The monoisotopic (exact) mass is 287 g/mol. The van der Waals surface area contributed by atoms with Crippen LogP contribution in [0.5, 0.6) is 0 Å². The van der Waals surface area contributed by atoms with Crippen molar-refractivity contribution in [2.24, 2.45) is 0 Å². The van der Waals surface area contributed by atoms with E-state index in [1.807, 2.05) is 29.2 Å². The number of rotatable bonds is 4. The van der Waals surface area contributed by atoms with Crippen molar-refractivity contribution in [2.45, 2.75) is 6.54 Å². The van der Waals surface area contributed by atoms with E-state index in [0.29, 0.717) is 13.1 Å². The van der Waals surface area contributed by atoms with Crippen LogP contribution in [-0.4, -0.2) is 45.1 Å². The molecule has 3 rings (SSSR count). The summed E-state index contributed by atoms with van der Waals surface area (Å²) in [5.74, 6) is -1.18. The fourth-order valence-electron chi connectivity index (χ4n) is 2.23. The molecule has 8 heteroatoms. The number of hydrogen-bond acceptors (Lipinski definition) is 5. The summed E-state index contributed by atoms with van der Waals surface area (Å²) in [5.41, 5.74) is 1.63. The van der Waals surface area contributed by atoms with E-state index >= 15 is 0 Å². The molecule has 1 amide bonds. The summed E-state index contributed by atoms with van der Waals surface area (Å²) >= 11 is 0. The Morgan fingerprint density at radius 2 is 2.14 bits per heavy atom. The third kappa shape index (κ3) is 2.69. The van der Waals surface area contributed by atoms with Crippen molar-refractivity contribution in [1.82, 2.24) is 15.0 Å². The average Bonchev–Trinajstić information content (AvgIpc) is 2.93. The normalized spacial score (nSPS) is 13.7. The first-order valence-corrected chi connectivity index (χ1v) is 6.41. The molecular weight excluding hydrogens is 274 g/mol. The molecule has 0 bridgehead atoms. The van der Waals surface area contributed by atoms with Gasteiger partial charge in [-0.25, -0.2) is 9.48 Å². The van der Waals surface area contributed by atoms with Gasteiger partial charge in [-0.2, -0.15) is 0 Å². The highest BCUT2D eigenvalue weighted by Gasteiger charge is 2.21. The van der Waals surface area contributed by atoms with Gasteiger partial charge >= 0.3 is 5.97 Å². The summed E-state index contributed by atoms with van der Waals surface area (Å²) in [6.07, 6.45) is 1.37. The zero-order valence-electron chi connectivity index (χ0n) is 11.1. The van der Waals surface area contributed by atoms with Crippen LogP contribution in [0.2, 0.25) is 0 Å². The fourth-order valence-corrected chi connectivity index (χ4v) is 2.23. The van der Waals surface area contributed by atoms with Crippen LogP contribution in [0.4, 0.5) is 11.4 Å². The molecular formula is C13H13N5O3. The molecule has 8 nitrogen and oxygen atoms in total. The predicted octanol–water partition coefficient (Wildman–Crippen LogP) is 0.435. The Bertz CT molecular complexity index is 697. The zero-order valence-corrected chi connectivity index (χ0v) is 11.1. The number of carbonyl (C=O) groups excluding carboxylic acids is 1. The molecule has 0 aliphatic carbocycles. The van der Waals surface area contributed by atoms with E-state index in [1.54, 1.807) is 0 Å². The Balaban J connectivity index is 1.73. The van der Waals surface area contributed by atoms with Crippen molar-refractivity contribution in [3.05, 3.63) is 36.2 Å². The average molecular weight is 287 g/mol. The Labute approximate surface area is 120 Å². The third-order valence-electron chi connectivity index (χ3n) is 3.21. The van der Waals surface area contributed by atoms with Gasteiger partial charge in [-0.05, 0) is 12.1 Å². The van der Waals surface area contributed by atoms with E-state index < -0.39 is 5.97 Å². The number of amides is 1. The summed E-state index contributed by atoms with van der Waals surface area (Å²) in [6, 6.07) is 7.54. The van der Waals surface area contributed by atoms with Crippen LogP contribution in [0.25, 0.3) is 0 Å². The minimum atomic E-state index is -1.11. The fraction of sp³-hybridized carbons (Fsp3) is 0.231. The van der Waals surface area contributed by atoms with Crippen molar-refractivity contribution in [3.8, 4) is 0 Å². The first-order chi connectivity index (χ1) is 10.1. The standard InChI is InChI=1S/C13H13N5O3/c19-12-8-17(11-4-2-1-3-9(11)14-12)5-6-18-7-10(13(20)21)15-16-18/h1-4,7H,5-6,8H2,(H,14,19)(H,20,21). The summed E-state index contributed by atoms with van der Waals surface area (Å²) in [5, 5.41) is 18.9. The lowest BCUT2D eigenvalue weighted by atomic mass is 10.2. The highest BCUT2D eigenvalue weighted by Crippen LogP contribution is 2.28. The lowest BCUT2D eigenvalue weighted by molar-refractivity contribution is -0.115. The van der Waals surface area contributed by atoms with E-state index in [0.717, 1.165) is 11.4 Å². The number of nitrogens with zero attached hydrogens (tertiary/aromatic N) is 4. The number of aromatic carboxylic acids is 1. The number of carbonyl (C=O) groups is 2. The summed E-state index contributed by atoms with van der Waals surface area (Å²) < 4.78 is 1.46. The maximum Gasteiger partial charge on any atom is 0.358 e. The topological polar surface area (TPSA) is 100 Å². The van der Waals surface area contributed by atoms with E-state index in [2.05, 4.69) is 15.6 Å². The van der Waals surface area contributed by atoms with Crippen LogP contribution in [0.15, 0.2) is 30.5 Å². The van der Waals surface area contributed by atoms with Gasteiger partial charge in [0.1, 0.15) is 0 Å². The Hall–Kier alpha value is -2.90. The Morgan fingerprint density at radius 3 is 2.90 bits per heavy atom. The number of nitrogens with one attached hydrogen (secondary N) is 1. The number of aromatic nitrogens is 3. The van der Waals surface area contributed by atoms with Gasteiger partial charge < -0.3 is 15.3 Å². The molecule has 0 unspecified atom stereocenters. The van der Waals surface area contributed by atoms with Gasteiger partial charge in [0.25, 0.3) is 0 Å². The smallest absolute Gasteiger partial charge is 0.358 e. The van der Waals surface area contributed by atoms with Crippen molar-refractivity contribution in [1.29, 1.82) is 0 Å². The molecule has 1 aliphatic heterocycles. The molecule has 0 atom stereocenters. The second-order valence-corrected chi connectivity index (χ2v) is 4.66. The van der Waals surface area contributed by atoms with Gasteiger partial charge in [-0.15, -0.1) is 5.10 Å². The highest BCUT2D eigenvalue weighted by molar-refractivity contribution is 6.01. The maximum absolute atomic E-state index is 11.7. The zero-order chi connectivity index (χ0) is 14.8. The first-order valence-electron chi connectivity index (χ1n) is 6.41. The number of fused-ring (bicyclic) bond motifs is 1. The number of carboxylic acids is 1. The van der Waals surface area contributed by atoms with E-state index in [1.165, 1.54) is 10.9 Å². The van der Waals surface area contributed by atoms with Crippen LogP contribution < -0.4 is 10.2 Å². The molecule has 2 aromatic rings. The Morgan fingerprint density at radius 1 is 1.33 bits per heavy atom. The third-order valence-corrected chi connectivity index (χ3v) is 3.21. The number of benzene rings is 1. The van der Waals surface area contributed by atoms with E-state index in [9.17, 15) is 9.59 Å². The second-order valence-electron chi connectivity index (χ2n) is 4.66. The lowest BCUT2D eigenvalue weighted by Crippen LogP contribution is -2.39. The number of para-hydroxylation sites is 2. The molecule has 1 aromatic carbocycles. The minimum absolute atomic E-state index is 0.0708. The van der Waals surface area contributed by atoms with Gasteiger partial charge in [0.05, 0.1) is 30.7 Å². The van der Waals surface area contributed by atoms with Gasteiger partial charge in [-0.1, -0.05) is 17.3 Å². The van der Waals surface area contributed by atoms with Gasteiger partial charge in [0.2, 0.25) is 5.91 Å². The quantitative estimate of drug-likeness (QED) is 0.846. The molecule has 0 fully saturated rings. The minimum Gasteiger partial charge on any atom is -0.476 e. The molecule has 0 saturated heterocycles. The second kappa shape index (κ2) is 5.23. The summed E-state index contributed by atoms with van der Waals surface area (Å²) in [4.78, 5) is 24.4. The Kier molecular flexibility index (Phi) is 3.27. The molecule has 2 N–H and O–H groups in total. The van der Waals surface area contributed by atoms with Crippen molar-refractivity contribution in [3.63, 3.8) is 0 Å². The molecule has 108 valence electrons. The largest absolute Gasteiger partial charge is 0.476 e. The molecule has 21 heavy (non-hydrogen) atoms. The molecule has 0 spiro atoms. The van der Waals surface area contributed by atoms with Crippen molar-refractivity contribution < 1.29 is 14.7 Å². The van der Waals surface area contributed by atoms with Crippen LogP contribution >= 0.6 is 0 Å². The van der Waals surface area contributed by atoms with Gasteiger partial charge in [0, 0.05) is 6.54 Å². The predicted molar refractivity (Wildman–Crippen MR) is 74.3 cm³/mol. The van der Waals surface area contributed by atoms with E-state index in [-0.39, 0.29) is 18.1 Å². The first kappa shape index (κ1) is 13.1. The van der Waals surface area contributed by atoms with Crippen LogP contribution in [-0.2, 0) is 11.3 Å². The molecule has 2 heterocycles. The number of carboxylic acid groups (broad SMARTS) is 1. The SMILES string of the molecule is O=C1CN(CCn2cc(C(=O)O)nn2)c2ccccc2N1. The number of anilines is 2. The molecule has 0 saturated carbocycles. The summed E-state index contributed by atoms with van der Waals surface area (Å²) in [7, 11) is 0. The lowest BCUT2D eigenvalue weighted by Gasteiger charge is -2.30. The maximum atomic E-state index is 11.7. The molecule has 1 aliphatic rings. The van der Waals surface area contributed by atoms with Crippen LogP contribution in [0.3, 0.4) is 0 Å². The van der Waals surface area contributed by atoms with Crippen LogP contribution in [0.1, 0.15) is 10.5 Å². The van der Waals surface area contributed by atoms with Crippen molar-refractivity contribution in [2.75, 3.05) is 23.3 Å². The van der Waals surface area contributed by atoms with E-state index in [4.69, 9.17) is 5.11 Å². The van der Waals surface area contributed by atoms with Gasteiger partial charge in [-0.3, -0.25) is 4.79 Å². The highest BCUT2D eigenvalue weighted by atomic mass is 16.4. The molecule has 0 radical (unpaired) electrons. The van der Waals surface area contributed by atoms with Crippen molar-refractivity contribution >= 4 is 23.3 Å². The van der Waals surface area contributed by atoms with Crippen LogP contribution in [0, 0.1) is 0 Å². The summed E-state index contributed by atoms with van der Waals surface area (Å²) in [6.45, 7) is 1.24. The number of hydrogen-bond donors (Lipinski definition) is 2. The van der Waals surface area contributed by atoms with Gasteiger partial charge in [0.15, 0.2) is 5.69 Å². The molecule has 1 aromatic heterocycles.